The summed E-state index contributed by atoms with van der Waals surface area (Å²) in [6.45, 7) is 4.43. The molecule has 1 rings (SSSR count). The minimum Gasteiger partial charge on any atom is -0.358 e. The molecule has 0 spiro atoms. The Morgan fingerprint density at radius 2 is 2.47 bits per heavy atom. The molecular formula is C8H13ClN4O2. The third-order valence-electron chi connectivity index (χ3n) is 1.86. The van der Waals surface area contributed by atoms with Crippen molar-refractivity contribution in [1.82, 2.24) is 15.1 Å². The van der Waals surface area contributed by atoms with Crippen molar-refractivity contribution in [3.05, 3.63) is 21.3 Å². The first kappa shape index (κ1) is 11.9. The Morgan fingerprint density at radius 1 is 1.73 bits per heavy atom. The predicted molar refractivity (Wildman–Crippen MR) is 57.1 cm³/mol. The van der Waals surface area contributed by atoms with Crippen molar-refractivity contribution in [3.63, 3.8) is 0 Å². The third-order valence-corrected chi connectivity index (χ3v) is 2.13. The van der Waals surface area contributed by atoms with Gasteiger partial charge in [0, 0.05) is 0 Å². The average molecular weight is 233 g/mol. The van der Waals surface area contributed by atoms with Crippen LogP contribution in [0.5, 0.6) is 0 Å². The van der Waals surface area contributed by atoms with E-state index in [9.17, 15) is 10.1 Å². The molecule has 7 heteroatoms. The standard InChI is InChI=1S/C8H13ClN4O2/c1-2-10-4-3-5-12-6-7(9)8(11-12)13(14)15/h6,10H,2-5H2,1H3. The van der Waals surface area contributed by atoms with Crippen LogP contribution in [0.3, 0.4) is 0 Å². The Hall–Kier alpha value is -1.14. The number of hydrogen-bond acceptors (Lipinski definition) is 4. The van der Waals surface area contributed by atoms with Crippen LogP contribution in [0.2, 0.25) is 5.02 Å². The molecule has 0 atom stereocenters. The van der Waals surface area contributed by atoms with Gasteiger partial charge >= 0.3 is 5.82 Å². The van der Waals surface area contributed by atoms with Gasteiger partial charge in [0.25, 0.3) is 0 Å². The lowest BCUT2D eigenvalue weighted by Gasteiger charge is -1.98. The van der Waals surface area contributed by atoms with Gasteiger partial charge in [-0.3, -0.25) is 0 Å². The van der Waals surface area contributed by atoms with Crippen LogP contribution in [0.4, 0.5) is 5.82 Å². The quantitative estimate of drug-likeness (QED) is 0.458. The van der Waals surface area contributed by atoms with Crippen molar-refractivity contribution in [1.29, 1.82) is 0 Å². The summed E-state index contributed by atoms with van der Waals surface area (Å²) in [5.74, 6) is -0.278. The zero-order valence-corrected chi connectivity index (χ0v) is 9.20. The second-order valence-electron chi connectivity index (χ2n) is 3.03. The highest BCUT2D eigenvalue weighted by Crippen LogP contribution is 2.21. The van der Waals surface area contributed by atoms with E-state index in [2.05, 4.69) is 10.4 Å². The minimum absolute atomic E-state index is 0.0865. The Kier molecular flexibility index (Phi) is 4.51. The van der Waals surface area contributed by atoms with Crippen LogP contribution in [0.1, 0.15) is 13.3 Å². The van der Waals surface area contributed by atoms with Gasteiger partial charge in [-0.25, -0.2) is 0 Å². The van der Waals surface area contributed by atoms with Gasteiger partial charge in [-0.05, 0) is 24.4 Å². The maximum absolute atomic E-state index is 10.4. The second kappa shape index (κ2) is 5.67. The second-order valence-corrected chi connectivity index (χ2v) is 3.44. The lowest BCUT2D eigenvalue weighted by molar-refractivity contribution is -0.389. The fourth-order valence-electron chi connectivity index (χ4n) is 1.17. The molecular weight excluding hydrogens is 220 g/mol. The molecule has 0 aliphatic carbocycles. The summed E-state index contributed by atoms with van der Waals surface area (Å²) in [5.41, 5.74) is 0. The highest BCUT2D eigenvalue weighted by molar-refractivity contribution is 6.32. The largest absolute Gasteiger partial charge is 0.408 e. The van der Waals surface area contributed by atoms with E-state index in [0.29, 0.717) is 6.54 Å². The van der Waals surface area contributed by atoms with E-state index >= 15 is 0 Å². The van der Waals surface area contributed by atoms with Crippen molar-refractivity contribution in [3.8, 4) is 0 Å². The SMILES string of the molecule is CCNCCCn1cc(Cl)c([N+](=O)[O-])n1. The van der Waals surface area contributed by atoms with E-state index in [4.69, 9.17) is 11.6 Å². The maximum Gasteiger partial charge on any atom is 0.408 e. The van der Waals surface area contributed by atoms with E-state index in [1.54, 1.807) is 0 Å². The van der Waals surface area contributed by atoms with Gasteiger partial charge in [0.15, 0.2) is 5.02 Å². The number of halogens is 1. The van der Waals surface area contributed by atoms with Crippen LogP contribution >= 0.6 is 11.6 Å². The van der Waals surface area contributed by atoms with Crippen LogP contribution in [0, 0.1) is 10.1 Å². The van der Waals surface area contributed by atoms with Crippen LogP contribution in [0.15, 0.2) is 6.20 Å². The Morgan fingerprint density at radius 3 is 3.00 bits per heavy atom. The molecule has 0 saturated heterocycles. The Balaban J connectivity index is 2.48. The fraction of sp³-hybridized carbons (Fsp3) is 0.625. The lowest BCUT2D eigenvalue weighted by atomic mass is 10.4. The van der Waals surface area contributed by atoms with E-state index in [-0.39, 0.29) is 10.8 Å². The monoisotopic (exact) mass is 232 g/mol. The van der Waals surface area contributed by atoms with Crippen LogP contribution < -0.4 is 5.32 Å². The summed E-state index contributed by atoms with van der Waals surface area (Å²) in [6, 6.07) is 0. The van der Waals surface area contributed by atoms with Gasteiger partial charge in [0.1, 0.15) is 0 Å². The van der Waals surface area contributed by atoms with Crippen molar-refractivity contribution in [2.24, 2.45) is 0 Å². The number of aryl methyl sites for hydroxylation is 1. The normalized spacial score (nSPS) is 10.5. The molecule has 1 aromatic rings. The molecule has 0 fully saturated rings. The van der Waals surface area contributed by atoms with E-state index in [1.165, 1.54) is 10.9 Å². The van der Waals surface area contributed by atoms with Crippen molar-refractivity contribution < 1.29 is 4.92 Å². The third kappa shape index (κ3) is 3.49. The number of nitro groups is 1. The van der Waals surface area contributed by atoms with E-state index < -0.39 is 4.92 Å². The zero-order chi connectivity index (χ0) is 11.3. The van der Waals surface area contributed by atoms with Gasteiger partial charge in [-0.15, -0.1) is 0 Å². The summed E-state index contributed by atoms with van der Waals surface area (Å²) < 4.78 is 1.50. The van der Waals surface area contributed by atoms with Crippen LogP contribution in [0.25, 0.3) is 0 Å². The van der Waals surface area contributed by atoms with Crippen molar-refractivity contribution in [2.45, 2.75) is 19.9 Å². The zero-order valence-electron chi connectivity index (χ0n) is 8.44. The molecule has 1 heterocycles. The molecule has 15 heavy (non-hydrogen) atoms. The summed E-state index contributed by atoms with van der Waals surface area (Å²) in [7, 11) is 0. The topological polar surface area (TPSA) is 73.0 Å². The first-order chi connectivity index (χ1) is 7.15. The number of aromatic nitrogens is 2. The minimum atomic E-state index is -0.580. The summed E-state index contributed by atoms with van der Waals surface area (Å²) in [5, 5.41) is 17.5. The van der Waals surface area contributed by atoms with E-state index in [0.717, 1.165) is 19.5 Å². The molecule has 0 saturated carbocycles. The Bertz CT molecular complexity index is 339. The molecule has 0 radical (unpaired) electrons. The molecule has 0 aliphatic rings. The number of nitrogens with zero attached hydrogens (tertiary/aromatic N) is 3. The van der Waals surface area contributed by atoms with Crippen molar-refractivity contribution in [2.75, 3.05) is 13.1 Å². The number of hydrogen-bond donors (Lipinski definition) is 1. The van der Waals surface area contributed by atoms with E-state index in [1.807, 2.05) is 6.92 Å². The number of nitrogens with one attached hydrogen (secondary N) is 1. The molecule has 0 aliphatic heterocycles. The summed E-state index contributed by atoms with van der Waals surface area (Å²) >= 11 is 5.64. The summed E-state index contributed by atoms with van der Waals surface area (Å²) in [6.07, 6.45) is 2.34. The average Bonchev–Trinajstić information content (AvgIpc) is 2.55. The van der Waals surface area contributed by atoms with Gasteiger partial charge in [0.2, 0.25) is 0 Å². The lowest BCUT2D eigenvalue weighted by Crippen LogP contribution is -2.16. The first-order valence-corrected chi connectivity index (χ1v) is 5.11. The molecule has 1 aromatic heterocycles. The molecule has 6 nitrogen and oxygen atoms in total. The van der Waals surface area contributed by atoms with Gasteiger partial charge in [-0.1, -0.05) is 18.5 Å². The van der Waals surface area contributed by atoms with Crippen molar-refractivity contribution >= 4 is 17.4 Å². The predicted octanol–water partition coefficient (Wildman–Crippen LogP) is 1.44. The van der Waals surface area contributed by atoms with Gasteiger partial charge < -0.3 is 15.4 Å². The van der Waals surface area contributed by atoms with Gasteiger partial charge in [-0.2, -0.15) is 4.68 Å². The number of rotatable bonds is 6. The molecule has 1 N–H and O–H groups in total. The van der Waals surface area contributed by atoms with Gasteiger partial charge in [0.05, 0.1) is 17.8 Å². The Labute approximate surface area is 92.4 Å². The first-order valence-electron chi connectivity index (χ1n) is 4.73. The summed E-state index contributed by atoms with van der Waals surface area (Å²) in [4.78, 5) is 9.86. The molecule has 0 aromatic carbocycles. The molecule has 0 amide bonds. The molecule has 0 unspecified atom stereocenters. The molecule has 0 bridgehead atoms. The highest BCUT2D eigenvalue weighted by atomic mass is 35.5. The molecule has 84 valence electrons. The maximum atomic E-state index is 10.4. The fourth-order valence-corrected chi connectivity index (χ4v) is 1.39. The highest BCUT2D eigenvalue weighted by Gasteiger charge is 2.18. The van der Waals surface area contributed by atoms with Crippen LogP contribution in [-0.2, 0) is 6.54 Å². The smallest absolute Gasteiger partial charge is 0.358 e. The van der Waals surface area contributed by atoms with Crippen LogP contribution in [-0.4, -0.2) is 27.8 Å².